The molecule has 31 heavy (non-hydrogen) atoms. The van der Waals surface area contributed by atoms with Crippen LogP contribution in [0.1, 0.15) is 27.0 Å². The number of carbonyl (C=O) groups excluding carboxylic acids is 1. The summed E-state index contributed by atoms with van der Waals surface area (Å²) in [5, 5.41) is 0. The quantitative estimate of drug-likeness (QED) is 0.348. The molecule has 4 aromatic rings. The van der Waals surface area contributed by atoms with Crippen molar-refractivity contribution in [2.24, 2.45) is 0 Å². The van der Waals surface area contributed by atoms with Crippen LogP contribution in [0.15, 0.2) is 83.8 Å². The molecule has 0 saturated heterocycles. The Balaban J connectivity index is 1.61. The van der Waals surface area contributed by atoms with Crippen molar-refractivity contribution in [1.82, 2.24) is 9.55 Å². The number of hydrogen-bond acceptors (Lipinski definition) is 2. The maximum Gasteiger partial charge on any atom is 0.330 e. The molecule has 1 heterocycles. The maximum atomic E-state index is 13.0. The van der Waals surface area contributed by atoms with Crippen LogP contribution in [0.3, 0.4) is 0 Å². The van der Waals surface area contributed by atoms with E-state index in [0.717, 1.165) is 16.7 Å². The average molecular weight is 412 g/mol. The van der Waals surface area contributed by atoms with E-state index in [1.165, 1.54) is 28.3 Å². The van der Waals surface area contributed by atoms with E-state index in [-0.39, 0.29) is 17.3 Å². The van der Waals surface area contributed by atoms with E-state index in [9.17, 15) is 14.0 Å². The Morgan fingerprint density at radius 2 is 1.74 bits per heavy atom. The van der Waals surface area contributed by atoms with Gasteiger partial charge in [-0.05, 0) is 72.5 Å². The van der Waals surface area contributed by atoms with E-state index >= 15 is 0 Å². The number of H-pyrrole nitrogens is 1. The lowest BCUT2D eigenvalue weighted by molar-refractivity contribution is 0.104. The third-order valence-corrected chi connectivity index (χ3v) is 5.24. The number of imidazole rings is 1. The normalized spacial score (nSPS) is 11.2. The van der Waals surface area contributed by atoms with E-state index in [0.29, 0.717) is 16.9 Å². The fraction of sp³-hybridized carbons (Fsp3) is 0.0769. The Bertz CT molecular complexity index is 1340. The molecule has 0 aliphatic heterocycles. The second-order valence-corrected chi connectivity index (χ2v) is 7.44. The molecule has 4 rings (SSSR count). The average Bonchev–Trinajstić information content (AvgIpc) is 3.17. The number of benzene rings is 3. The predicted octanol–water partition coefficient (Wildman–Crippen LogP) is 5.48. The van der Waals surface area contributed by atoms with Gasteiger partial charge in [-0.15, -0.1) is 0 Å². The van der Waals surface area contributed by atoms with Gasteiger partial charge in [-0.1, -0.05) is 42.5 Å². The summed E-state index contributed by atoms with van der Waals surface area (Å²) in [6.45, 7) is 4.07. The lowest BCUT2D eigenvalue weighted by Crippen LogP contribution is -2.14. The molecule has 5 heteroatoms. The van der Waals surface area contributed by atoms with E-state index in [2.05, 4.69) is 4.98 Å². The first kappa shape index (κ1) is 20.3. The zero-order valence-corrected chi connectivity index (χ0v) is 17.2. The number of carbonyl (C=O) groups is 1. The zero-order valence-electron chi connectivity index (χ0n) is 17.2. The summed E-state index contributed by atoms with van der Waals surface area (Å²) >= 11 is 0. The molecule has 0 aliphatic rings. The second-order valence-electron chi connectivity index (χ2n) is 7.44. The summed E-state index contributed by atoms with van der Waals surface area (Å²) in [4.78, 5) is 28.0. The van der Waals surface area contributed by atoms with E-state index < -0.39 is 0 Å². The number of ketones is 1. The highest BCUT2D eigenvalue weighted by Gasteiger charge is 2.10. The fourth-order valence-corrected chi connectivity index (χ4v) is 3.29. The molecule has 0 fully saturated rings. The molecule has 1 aromatic heterocycles. The molecule has 1 N–H and O–H groups in total. The van der Waals surface area contributed by atoms with Crippen molar-refractivity contribution in [2.75, 3.05) is 0 Å². The molecule has 0 amide bonds. The van der Waals surface area contributed by atoms with Crippen LogP contribution < -0.4 is 5.69 Å². The molecule has 0 spiro atoms. The van der Waals surface area contributed by atoms with Gasteiger partial charge in [-0.25, -0.2) is 9.18 Å². The van der Waals surface area contributed by atoms with Gasteiger partial charge in [0.15, 0.2) is 5.78 Å². The maximum absolute atomic E-state index is 13.0. The van der Waals surface area contributed by atoms with E-state index in [1.807, 2.05) is 32.0 Å². The van der Waals surface area contributed by atoms with Gasteiger partial charge >= 0.3 is 5.69 Å². The van der Waals surface area contributed by atoms with Crippen LogP contribution in [0.5, 0.6) is 0 Å². The van der Waals surface area contributed by atoms with Gasteiger partial charge < -0.3 is 4.98 Å². The predicted molar refractivity (Wildman–Crippen MR) is 121 cm³/mol. The van der Waals surface area contributed by atoms with E-state index in [1.54, 1.807) is 48.7 Å². The number of nitrogens with one attached hydrogen (secondary N) is 1. The first-order valence-electron chi connectivity index (χ1n) is 9.88. The number of halogens is 1. The third-order valence-electron chi connectivity index (χ3n) is 5.24. The molecule has 154 valence electrons. The SMILES string of the molecule is Cc1ccc(-c2cn(-c3cccc(C(=O)C=Cc4ccc(F)cc4)c3)c(=O)[nH]2)cc1C. The molecule has 0 aliphatic carbocycles. The molecule has 0 unspecified atom stereocenters. The van der Waals surface area contributed by atoms with Crippen LogP contribution in [-0.2, 0) is 0 Å². The monoisotopic (exact) mass is 412 g/mol. The Morgan fingerprint density at radius 1 is 0.968 bits per heavy atom. The topological polar surface area (TPSA) is 54.9 Å². The van der Waals surface area contributed by atoms with Gasteiger partial charge in [0.1, 0.15) is 5.82 Å². The summed E-state index contributed by atoms with van der Waals surface area (Å²) in [5.74, 6) is -0.530. The van der Waals surface area contributed by atoms with Crippen LogP contribution in [0.4, 0.5) is 4.39 Å². The molecule has 0 atom stereocenters. The van der Waals surface area contributed by atoms with Gasteiger partial charge in [0.2, 0.25) is 0 Å². The van der Waals surface area contributed by atoms with Crippen LogP contribution in [-0.4, -0.2) is 15.3 Å². The minimum Gasteiger partial charge on any atom is -0.305 e. The van der Waals surface area contributed by atoms with Gasteiger partial charge in [0, 0.05) is 11.8 Å². The number of nitrogens with zero attached hydrogens (tertiary/aromatic N) is 1. The lowest BCUT2D eigenvalue weighted by Gasteiger charge is -2.04. The smallest absolute Gasteiger partial charge is 0.305 e. The third kappa shape index (κ3) is 4.46. The van der Waals surface area contributed by atoms with Crippen molar-refractivity contribution < 1.29 is 9.18 Å². The standard InChI is InChI=1S/C26H21FN2O2/c1-17-6-10-20(14-18(17)2)24-16-29(26(31)28-24)23-5-3-4-21(15-23)25(30)13-9-19-7-11-22(27)12-8-19/h3-16H,1-2H3,(H,28,31). The number of aromatic nitrogens is 2. The number of allylic oxidation sites excluding steroid dienone is 1. The molecular weight excluding hydrogens is 391 g/mol. The minimum absolute atomic E-state index is 0.204. The number of aromatic amines is 1. The van der Waals surface area contributed by atoms with Crippen LogP contribution in [0, 0.1) is 19.7 Å². The fourth-order valence-electron chi connectivity index (χ4n) is 3.29. The van der Waals surface area contributed by atoms with Gasteiger partial charge in [0.05, 0.1) is 11.4 Å². The van der Waals surface area contributed by atoms with E-state index in [4.69, 9.17) is 0 Å². The summed E-state index contributed by atoms with van der Waals surface area (Å²) < 4.78 is 14.5. The summed E-state index contributed by atoms with van der Waals surface area (Å²) in [7, 11) is 0. The zero-order chi connectivity index (χ0) is 22.0. The highest BCUT2D eigenvalue weighted by Crippen LogP contribution is 2.21. The Kier molecular flexibility index (Phi) is 5.50. The summed E-state index contributed by atoms with van der Waals surface area (Å²) in [6.07, 6.45) is 4.81. The Hall–Kier alpha value is -3.99. The summed E-state index contributed by atoms with van der Waals surface area (Å²) in [5.41, 5.74) is 5.46. The van der Waals surface area contributed by atoms with Crippen molar-refractivity contribution in [1.29, 1.82) is 0 Å². The van der Waals surface area contributed by atoms with Crippen molar-refractivity contribution in [3.63, 3.8) is 0 Å². The van der Waals surface area contributed by atoms with Crippen molar-refractivity contribution in [2.45, 2.75) is 13.8 Å². The molecule has 0 saturated carbocycles. The second kappa shape index (κ2) is 8.40. The molecule has 0 bridgehead atoms. The minimum atomic E-state index is -0.326. The van der Waals surface area contributed by atoms with Gasteiger partial charge in [-0.2, -0.15) is 0 Å². The molecule has 3 aromatic carbocycles. The first-order valence-corrected chi connectivity index (χ1v) is 9.88. The van der Waals surface area contributed by atoms with Crippen LogP contribution in [0.2, 0.25) is 0 Å². The van der Waals surface area contributed by atoms with Crippen molar-refractivity contribution in [3.8, 4) is 16.9 Å². The highest BCUT2D eigenvalue weighted by molar-refractivity contribution is 6.07. The Morgan fingerprint density at radius 3 is 2.48 bits per heavy atom. The van der Waals surface area contributed by atoms with Gasteiger partial charge in [-0.3, -0.25) is 9.36 Å². The van der Waals surface area contributed by atoms with Crippen LogP contribution in [0.25, 0.3) is 23.0 Å². The summed E-state index contributed by atoms with van der Waals surface area (Å²) in [6, 6.07) is 18.8. The highest BCUT2D eigenvalue weighted by atomic mass is 19.1. The van der Waals surface area contributed by atoms with Gasteiger partial charge in [0.25, 0.3) is 0 Å². The van der Waals surface area contributed by atoms with Crippen molar-refractivity contribution in [3.05, 3.63) is 118 Å². The number of rotatable bonds is 5. The molecule has 0 radical (unpaired) electrons. The van der Waals surface area contributed by atoms with Crippen molar-refractivity contribution >= 4 is 11.9 Å². The molecule has 4 nitrogen and oxygen atoms in total. The lowest BCUT2D eigenvalue weighted by atomic mass is 10.0. The Labute approximate surface area is 179 Å². The first-order chi connectivity index (χ1) is 14.9. The number of aryl methyl sites for hydroxylation is 2. The molecular formula is C26H21FN2O2. The van der Waals surface area contributed by atoms with Crippen LogP contribution >= 0.6 is 0 Å². The number of hydrogen-bond donors (Lipinski definition) is 1. The largest absolute Gasteiger partial charge is 0.330 e.